The number of aliphatic imine (C=N–C) groups is 1. The van der Waals surface area contributed by atoms with Crippen molar-refractivity contribution in [3.8, 4) is 0 Å². The molecule has 0 fully saturated rings. The molecule has 24 heavy (non-hydrogen) atoms. The van der Waals surface area contributed by atoms with E-state index in [0.717, 1.165) is 17.5 Å². The van der Waals surface area contributed by atoms with Crippen LogP contribution in [0.3, 0.4) is 0 Å². The molecule has 3 nitrogen and oxygen atoms in total. The summed E-state index contributed by atoms with van der Waals surface area (Å²) in [5.74, 6) is 0.249. The number of hydrogen-bond acceptors (Lipinski definition) is 1. The predicted octanol–water partition coefficient (Wildman–Crippen LogP) is 3.80. The van der Waals surface area contributed by atoms with Crippen LogP contribution in [0.15, 0.2) is 47.5 Å². The number of nitrogens with one attached hydrogen (secondary N) is 2. The van der Waals surface area contributed by atoms with Crippen LogP contribution in [0.2, 0.25) is 0 Å². The highest BCUT2D eigenvalue weighted by atomic mass is 127. The molecular formula is C18H22F2IN3. The van der Waals surface area contributed by atoms with E-state index in [2.05, 4.69) is 15.6 Å². The molecule has 0 aliphatic carbocycles. The molecule has 0 aromatic heterocycles. The zero-order chi connectivity index (χ0) is 16.7. The molecule has 2 aromatic carbocycles. The average Bonchev–Trinajstić information content (AvgIpc) is 2.55. The van der Waals surface area contributed by atoms with Gasteiger partial charge in [0, 0.05) is 20.1 Å². The summed E-state index contributed by atoms with van der Waals surface area (Å²) in [6.07, 6.45) is 0.774. The summed E-state index contributed by atoms with van der Waals surface area (Å²) in [5, 5.41) is 6.38. The van der Waals surface area contributed by atoms with Gasteiger partial charge in [-0.25, -0.2) is 8.78 Å². The molecule has 0 aliphatic heterocycles. The van der Waals surface area contributed by atoms with E-state index in [9.17, 15) is 8.78 Å². The van der Waals surface area contributed by atoms with Crippen LogP contribution in [0.4, 0.5) is 8.78 Å². The van der Waals surface area contributed by atoms with Gasteiger partial charge >= 0.3 is 0 Å². The van der Waals surface area contributed by atoms with E-state index in [1.165, 1.54) is 18.2 Å². The van der Waals surface area contributed by atoms with Crippen LogP contribution >= 0.6 is 24.0 Å². The first kappa shape index (κ1) is 20.3. The van der Waals surface area contributed by atoms with Gasteiger partial charge in [-0.05, 0) is 48.2 Å². The van der Waals surface area contributed by atoms with Gasteiger partial charge in [0.2, 0.25) is 0 Å². The number of nitrogens with zero attached hydrogens (tertiary/aromatic N) is 1. The van der Waals surface area contributed by atoms with Crippen molar-refractivity contribution >= 4 is 29.9 Å². The second kappa shape index (κ2) is 10.2. The third kappa shape index (κ3) is 6.43. The van der Waals surface area contributed by atoms with Gasteiger partial charge < -0.3 is 10.6 Å². The Bertz CT molecular complexity index is 672. The van der Waals surface area contributed by atoms with Crippen LogP contribution in [0, 0.1) is 18.6 Å². The normalized spacial score (nSPS) is 10.9. The smallest absolute Gasteiger partial charge is 0.191 e. The third-order valence-electron chi connectivity index (χ3n) is 3.53. The first-order valence-corrected chi connectivity index (χ1v) is 7.52. The van der Waals surface area contributed by atoms with Crippen LogP contribution in [-0.2, 0) is 13.0 Å². The summed E-state index contributed by atoms with van der Waals surface area (Å²) in [5.41, 5.74) is 2.68. The van der Waals surface area contributed by atoms with Gasteiger partial charge in [-0.3, -0.25) is 4.99 Å². The topological polar surface area (TPSA) is 36.4 Å². The highest BCUT2D eigenvalue weighted by molar-refractivity contribution is 14.0. The largest absolute Gasteiger partial charge is 0.356 e. The molecule has 0 bridgehead atoms. The molecule has 0 unspecified atom stereocenters. The number of hydrogen-bond donors (Lipinski definition) is 2. The van der Waals surface area contributed by atoms with Gasteiger partial charge in [-0.1, -0.05) is 24.3 Å². The molecular weight excluding hydrogens is 423 g/mol. The second-order valence-corrected chi connectivity index (χ2v) is 5.31. The number of rotatable bonds is 5. The van der Waals surface area contributed by atoms with E-state index in [4.69, 9.17) is 0 Å². The van der Waals surface area contributed by atoms with Crippen molar-refractivity contribution in [2.45, 2.75) is 19.9 Å². The van der Waals surface area contributed by atoms with Crippen LogP contribution in [0.25, 0.3) is 0 Å². The Labute approximate surface area is 158 Å². The fourth-order valence-corrected chi connectivity index (χ4v) is 2.20. The van der Waals surface area contributed by atoms with Crippen molar-refractivity contribution in [3.05, 3.63) is 70.8 Å². The van der Waals surface area contributed by atoms with Gasteiger partial charge in [0.25, 0.3) is 0 Å². The van der Waals surface area contributed by atoms with E-state index in [1.807, 2.05) is 6.07 Å². The lowest BCUT2D eigenvalue weighted by molar-refractivity contribution is 0.617. The minimum absolute atomic E-state index is 0. The number of guanidine groups is 1. The van der Waals surface area contributed by atoms with E-state index in [1.54, 1.807) is 32.2 Å². The molecule has 2 aromatic rings. The third-order valence-corrected chi connectivity index (χ3v) is 3.53. The molecule has 2 rings (SSSR count). The summed E-state index contributed by atoms with van der Waals surface area (Å²) in [6.45, 7) is 3.00. The molecule has 0 atom stereocenters. The van der Waals surface area contributed by atoms with Crippen LogP contribution in [0.5, 0.6) is 0 Å². The fraction of sp³-hybridized carbons (Fsp3) is 0.278. The number of benzene rings is 2. The molecule has 0 spiro atoms. The summed E-state index contributed by atoms with van der Waals surface area (Å²) < 4.78 is 26.1. The minimum Gasteiger partial charge on any atom is -0.356 e. The SMILES string of the molecule is CN=C(NCCc1ccc(F)cc1)NCc1ccc(F)c(C)c1.I. The van der Waals surface area contributed by atoms with Crippen LogP contribution in [0.1, 0.15) is 16.7 Å². The van der Waals surface area contributed by atoms with E-state index in [0.29, 0.717) is 24.6 Å². The number of aryl methyl sites for hydroxylation is 1. The van der Waals surface area contributed by atoms with Gasteiger partial charge in [-0.15, -0.1) is 24.0 Å². The fourth-order valence-electron chi connectivity index (χ4n) is 2.20. The van der Waals surface area contributed by atoms with E-state index >= 15 is 0 Å². The molecule has 0 aliphatic rings. The maximum Gasteiger partial charge on any atom is 0.191 e. The zero-order valence-electron chi connectivity index (χ0n) is 13.8. The lowest BCUT2D eigenvalue weighted by Gasteiger charge is -2.12. The summed E-state index contributed by atoms with van der Waals surface area (Å²) in [6, 6.07) is 11.5. The monoisotopic (exact) mass is 445 g/mol. The van der Waals surface area contributed by atoms with Crippen molar-refractivity contribution in [1.29, 1.82) is 0 Å². The molecule has 0 radical (unpaired) electrons. The molecule has 0 saturated carbocycles. The van der Waals surface area contributed by atoms with Gasteiger partial charge in [0.05, 0.1) is 0 Å². The lowest BCUT2D eigenvalue weighted by Crippen LogP contribution is -2.37. The first-order valence-electron chi connectivity index (χ1n) is 7.52. The molecule has 2 N–H and O–H groups in total. The molecule has 0 amide bonds. The lowest BCUT2D eigenvalue weighted by atomic mass is 10.1. The first-order chi connectivity index (χ1) is 11.1. The van der Waals surface area contributed by atoms with Gasteiger partial charge in [-0.2, -0.15) is 0 Å². The summed E-state index contributed by atoms with van der Waals surface area (Å²) >= 11 is 0. The Balaban J connectivity index is 0.00000288. The maximum atomic E-state index is 13.2. The Morgan fingerprint density at radius 2 is 1.67 bits per heavy atom. The molecule has 0 saturated heterocycles. The average molecular weight is 445 g/mol. The number of halogens is 3. The van der Waals surface area contributed by atoms with Gasteiger partial charge in [0.15, 0.2) is 5.96 Å². The van der Waals surface area contributed by atoms with Crippen LogP contribution in [-0.4, -0.2) is 19.6 Å². The zero-order valence-corrected chi connectivity index (χ0v) is 16.1. The Hall–Kier alpha value is -1.70. The van der Waals surface area contributed by atoms with Crippen molar-refractivity contribution in [2.75, 3.05) is 13.6 Å². The van der Waals surface area contributed by atoms with E-state index < -0.39 is 0 Å². The van der Waals surface area contributed by atoms with Gasteiger partial charge in [0.1, 0.15) is 11.6 Å². The van der Waals surface area contributed by atoms with Crippen molar-refractivity contribution < 1.29 is 8.78 Å². The molecule has 0 heterocycles. The second-order valence-electron chi connectivity index (χ2n) is 5.31. The maximum absolute atomic E-state index is 13.2. The quantitative estimate of drug-likeness (QED) is 0.418. The van der Waals surface area contributed by atoms with Crippen molar-refractivity contribution in [3.63, 3.8) is 0 Å². The molecule has 6 heteroatoms. The minimum atomic E-state index is -0.228. The van der Waals surface area contributed by atoms with Crippen molar-refractivity contribution in [1.82, 2.24) is 10.6 Å². The Morgan fingerprint density at radius 1 is 1.00 bits per heavy atom. The predicted molar refractivity (Wildman–Crippen MR) is 105 cm³/mol. The highest BCUT2D eigenvalue weighted by Gasteiger charge is 2.02. The Kier molecular flexibility index (Phi) is 8.67. The van der Waals surface area contributed by atoms with Crippen molar-refractivity contribution in [2.24, 2.45) is 4.99 Å². The highest BCUT2D eigenvalue weighted by Crippen LogP contribution is 2.08. The molecule has 130 valence electrons. The Morgan fingerprint density at radius 3 is 2.29 bits per heavy atom. The van der Waals surface area contributed by atoms with E-state index in [-0.39, 0.29) is 35.6 Å². The summed E-state index contributed by atoms with van der Waals surface area (Å²) in [4.78, 5) is 4.15. The van der Waals surface area contributed by atoms with Crippen LogP contribution < -0.4 is 10.6 Å². The summed E-state index contributed by atoms with van der Waals surface area (Å²) in [7, 11) is 1.70. The standard InChI is InChI=1S/C18H21F2N3.HI/c1-13-11-15(5-8-17(13)20)12-23-18(21-2)22-10-9-14-3-6-16(19)7-4-14;/h3-8,11H,9-10,12H2,1-2H3,(H2,21,22,23);1H.